The molecule has 0 fully saturated rings. The van der Waals surface area contributed by atoms with Crippen molar-refractivity contribution in [2.75, 3.05) is 6.54 Å². The predicted octanol–water partition coefficient (Wildman–Crippen LogP) is 7.00. The van der Waals surface area contributed by atoms with Gasteiger partial charge in [-0.1, -0.05) is 59.8 Å². The molecule has 0 aromatic heterocycles. The minimum atomic E-state index is 0.123. The van der Waals surface area contributed by atoms with E-state index in [0.717, 1.165) is 77.2 Å². The van der Waals surface area contributed by atoms with E-state index >= 15 is 0 Å². The molecular formula is C27H51NO3S2. The van der Waals surface area contributed by atoms with Gasteiger partial charge in [0.15, 0.2) is 0 Å². The van der Waals surface area contributed by atoms with E-state index in [1.807, 2.05) is 13.8 Å². The predicted molar refractivity (Wildman–Crippen MR) is 148 cm³/mol. The van der Waals surface area contributed by atoms with Crippen LogP contribution in [0.2, 0.25) is 0 Å². The Morgan fingerprint density at radius 2 is 1.21 bits per heavy atom. The molecule has 194 valence electrons. The van der Waals surface area contributed by atoms with Crippen LogP contribution in [0.25, 0.3) is 0 Å². The van der Waals surface area contributed by atoms with Crippen LogP contribution in [0.4, 0.5) is 0 Å². The number of unbranched alkanes of at least 4 members (excludes halogenated alkanes) is 5. The van der Waals surface area contributed by atoms with Crippen molar-refractivity contribution < 1.29 is 14.4 Å². The summed E-state index contributed by atoms with van der Waals surface area (Å²) in [5.74, 6) is 1.43. The second-order valence-electron chi connectivity index (χ2n) is 10.3. The molecule has 0 saturated carbocycles. The molecule has 0 heterocycles. The topological polar surface area (TPSA) is 63.2 Å². The summed E-state index contributed by atoms with van der Waals surface area (Å²) in [6.07, 6.45) is 13.8. The fourth-order valence-electron chi connectivity index (χ4n) is 3.79. The summed E-state index contributed by atoms with van der Waals surface area (Å²) in [6.45, 7) is 8.82. The largest absolute Gasteiger partial charge is 0.356 e. The Labute approximate surface area is 215 Å². The maximum Gasteiger partial charge on any atom is 0.220 e. The SMILES string of the molecule is CC(C)CC(=O)CCC(S)CCCCC(S)CCC(=O)NCCCCCCCC(=O)C(C)C. The fourth-order valence-corrected chi connectivity index (χ4v) is 4.41. The summed E-state index contributed by atoms with van der Waals surface area (Å²) < 4.78 is 0. The van der Waals surface area contributed by atoms with E-state index in [2.05, 4.69) is 44.4 Å². The van der Waals surface area contributed by atoms with Crippen molar-refractivity contribution in [1.29, 1.82) is 0 Å². The summed E-state index contributed by atoms with van der Waals surface area (Å²) in [6, 6.07) is 0. The lowest BCUT2D eigenvalue weighted by Gasteiger charge is -2.13. The van der Waals surface area contributed by atoms with Crippen molar-refractivity contribution in [1.82, 2.24) is 5.32 Å². The highest BCUT2D eigenvalue weighted by atomic mass is 32.1. The third-order valence-electron chi connectivity index (χ3n) is 5.99. The second kappa shape index (κ2) is 20.8. The minimum Gasteiger partial charge on any atom is -0.356 e. The van der Waals surface area contributed by atoms with Gasteiger partial charge in [-0.25, -0.2) is 0 Å². The standard InChI is InChI=1S/C27H51NO3S2/c1-21(2)20-23(29)15-16-24(32)12-9-10-13-25(33)17-18-27(31)28-19-11-7-5-6-8-14-26(30)22(3)4/h21-22,24-25,32-33H,5-20H2,1-4H3,(H,28,31). The lowest BCUT2D eigenvalue weighted by molar-refractivity contribution is -0.122. The van der Waals surface area contributed by atoms with Gasteiger partial charge in [-0.3, -0.25) is 14.4 Å². The monoisotopic (exact) mass is 501 g/mol. The van der Waals surface area contributed by atoms with E-state index in [-0.39, 0.29) is 17.1 Å². The number of carbonyl (C=O) groups excluding carboxylic acids is 3. The molecule has 0 aromatic rings. The number of ketones is 2. The maximum absolute atomic E-state index is 12.0. The summed E-state index contributed by atoms with van der Waals surface area (Å²) in [4.78, 5) is 35.4. The summed E-state index contributed by atoms with van der Waals surface area (Å²) in [5.41, 5.74) is 0. The zero-order valence-electron chi connectivity index (χ0n) is 21.7. The summed E-state index contributed by atoms with van der Waals surface area (Å²) >= 11 is 9.28. The Kier molecular flexibility index (Phi) is 20.5. The van der Waals surface area contributed by atoms with Crippen LogP contribution in [-0.2, 0) is 14.4 Å². The molecule has 2 unspecified atom stereocenters. The van der Waals surface area contributed by atoms with Gasteiger partial charge in [-0.2, -0.15) is 25.3 Å². The number of hydrogen-bond donors (Lipinski definition) is 3. The molecule has 4 nitrogen and oxygen atoms in total. The fraction of sp³-hybridized carbons (Fsp3) is 0.889. The van der Waals surface area contributed by atoms with Gasteiger partial charge in [0.05, 0.1) is 0 Å². The number of rotatable bonds is 22. The van der Waals surface area contributed by atoms with Gasteiger partial charge in [0.1, 0.15) is 11.6 Å². The number of amides is 1. The van der Waals surface area contributed by atoms with Crippen LogP contribution >= 0.6 is 25.3 Å². The Balaban J connectivity index is 3.57. The van der Waals surface area contributed by atoms with E-state index in [9.17, 15) is 14.4 Å². The molecule has 0 saturated heterocycles. The van der Waals surface area contributed by atoms with Crippen molar-refractivity contribution in [2.45, 2.75) is 135 Å². The van der Waals surface area contributed by atoms with Gasteiger partial charge in [0.25, 0.3) is 0 Å². The number of Topliss-reactive ketones (excluding diaryl/α,β-unsaturated/α-hetero) is 2. The number of hydrogen-bond acceptors (Lipinski definition) is 5. The molecule has 0 rings (SSSR count). The third kappa shape index (κ3) is 21.8. The van der Waals surface area contributed by atoms with Crippen molar-refractivity contribution in [3.05, 3.63) is 0 Å². The van der Waals surface area contributed by atoms with Crippen molar-refractivity contribution in [2.24, 2.45) is 11.8 Å². The third-order valence-corrected chi connectivity index (χ3v) is 7.02. The zero-order chi connectivity index (χ0) is 25.1. The Hall–Kier alpha value is -0.490. The Bertz CT molecular complexity index is 537. The van der Waals surface area contributed by atoms with E-state index < -0.39 is 0 Å². The average Bonchev–Trinajstić information content (AvgIpc) is 2.74. The van der Waals surface area contributed by atoms with E-state index in [1.54, 1.807) is 0 Å². The summed E-state index contributed by atoms with van der Waals surface area (Å²) in [5, 5.41) is 3.57. The highest BCUT2D eigenvalue weighted by Gasteiger charge is 2.11. The Morgan fingerprint density at radius 3 is 1.79 bits per heavy atom. The van der Waals surface area contributed by atoms with Crippen LogP contribution < -0.4 is 5.32 Å². The van der Waals surface area contributed by atoms with Gasteiger partial charge in [0, 0.05) is 48.6 Å². The van der Waals surface area contributed by atoms with Crippen LogP contribution in [0.1, 0.15) is 124 Å². The van der Waals surface area contributed by atoms with Gasteiger partial charge in [-0.15, -0.1) is 0 Å². The number of nitrogens with one attached hydrogen (secondary N) is 1. The highest BCUT2D eigenvalue weighted by Crippen LogP contribution is 2.19. The zero-order valence-corrected chi connectivity index (χ0v) is 23.5. The van der Waals surface area contributed by atoms with Crippen molar-refractivity contribution >= 4 is 42.7 Å². The van der Waals surface area contributed by atoms with Gasteiger partial charge < -0.3 is 5.32 Å². The smallest absolute Gasteiger partial charge is 0.220 e. The number of carbonyl (C=O) groups is 3. The quantitative estimate of drug-likeness (QED) is 0.110. The van der Waals surface area contributed by atoms with Gasteiger partial charge >= 0.3 is 0 Å². The first-order valence-corrected chi connectivity index (χ1v) is 14.3. The lowest BCUT2D eigenvalue weighted by atomic mass is 10.0. The minimum absolute atomic E-state index is 0.123. The van der Waals surface area contributed by atoms with Crippen LogP contribution in [0.5, 0.6) is 0 Å². The van der Waals surface area contributed by atoms with Gasteiger partial charge in [-0.05, 0) is 44.4 Å². The summed E-state index contributed by atoms with van der Waals surface area (Å²) in [7, 11) is 0. The van der Waals surface area contributed by atoms with Crippen molar-refractivity contribution in [3.63, 3.8) is 0 Å². The van der Waals surface area contributed by atoms with Crippen LogP contribution in [0.3, 0.4) is 0 Å². The van der Waals surface area contributed by atoms with Crippen LogP contribution in [-0.4, -0.2) is 34.5 Å². The van der Waals surface area contributed by atoms with Gasteiger partial charge in [0.2, 0.25) is 5.91 Å². The van der Waals surface area contributed by atoms with E-state index in [1.165, 1.54) is 0 Å². The van der Waals surface area contributed by atoms with E-state index in [4.69, 9.17) is 0 Å². The molecule has 0 aromatic carbocycles. The maximum atomic E-state index is 12.0. The average molecular weight is 502 g/mol. The molecule has 0 radical (unpaired) electrons. The molecule has 6 heteroatoms. The molecule has 0 bridgehead atoms. The first kappa shape index (κ1) is 32.5. The molecule has 0 aliphatic carbocycles. The second-order valence-corrected chi connectivity index (χ2v) is 11.8. The molecule has 1 N–H and O–H groups in total. The molecule has 0 aliphatic heterocycles. The molecule has 0 spiro atoms. The normalized spacial score (nSPS) is 13.3. The first-order valence-electron chi connectivity index (χ1n) is 13.3. The highest BCUT2D eigenvalue weighted by molar-refractivity contribution is 7.81. The molecule has 2 atom stereocenters. The van der Waals surface area contributed by atoms with Crippen LogP contribution in [0.15, 0.2) is 0 Å². The van der Waals surface area contributed by atoms with Crippen LogP contribution in [0, 0.1) is 11.8 Å². The molecular weight excluding hydrogens is 450 g/mol. The Morgan fingerprint density at radius 1 is 0.667 bits per heavy atom. The molecule has 33 heavy (non-hydrogen) atoms. The first-order chi connectivity index (χ1) is 15.6. The van der Waals surface area contributed by atoms with E-state index in [0.29, 0.717) is 48.4 Å². The molecule has 1 amide bonds. The van der Waals surface area contributed by atoms with Crippen molar-refractivity contribution in [3.8, 4) is 0 Å². The lowest BCUT2D eigenvalue weighted by Crippen LogP contribution is -2.24. The number of thiol groups is 2. The molecule has 0 aliphatic rings.